The summed E-state index contributed by atoms with van der Waals surface area (Å²) >= 11 is 0. The Morgan fingerprint density at radius 3 is 2.55 bits per heavy atom. The van der Waals surface area contributed by atoms with Crippen molar-refractivity contribution >= 4 is 17.8 Å². The van der Waals surface area contributed by atoms with Crippen LogP contribution in [0.25, 0.3) is 0 Å². The van der Waals surface area contributed by atoms with E-state index in [1.165, 1.54) is 13.3 Å². The fourth-order valence-electron chi connectivity index (χ4n) is 2.74. The van der Waals surface area contributed by atoms with Crippen LogP contribution in [0.15, 0.2) is 67.0 Å². The van der Waals surface area contributed by atoms with Gasteiger partial charge in [-0.2, -0.15) is 0 Å². The Morgan fingerprint density at radius 2 is 1.90 bits per heavy atom. The minimum atomic E-state index is -1.12. The number of amides is 3. The number of carbonyl (C=O) groups excluding carboxylic acids is 2. The lowest BCUT2D eigenvalue weighted by atomic mass is 9.91. The third kappa shape index (κ3) is 5.46. The summed E-state index contributed by atoms with van der Waals surface area (Å²) in [6.07, 6.45) is 10.6. The van der Waals surface area contributed by atoms with Gasteiger partial charge in [-0.1, -0.05) is 0 Å². The van der Waals surface area contributed by atoms with Gasteiger partial charge in [-0.25, -0.2) is 9.78 Å². The maximum atomic E-state index is 12.0. The number of nitrogens with zero attached hydrogens (tertiary/aromatic N) is 2. The predicted octanol–water partition coefficient (Wildman–Crippen LogP) is 2.84. The fourth-order valence-corrected chi connectivity index (χ4v) is 2.74. The van der Waals surface area contributed by atoms with Crippen LogP contribution >= 0.6 is 0 Å². The number of ether oxygens (including phenoxy) is 2. The number of carbonyl (C=O) groups is 2. The Labute approximate surface area is 180 Å². The van der Waals surface area contributed by atoms with Crippen LogP contribution in [0.3, 0.4) is 0 Å². The molecule has 3 rings (SSSR count). The van der Waals surface area contributed by atoms with Crippen molar-refractivity contribution in [3.8, 4) is 5.75 Å². The van der Waals surface area contributed by atoms with Crippen LogP contribution in [-0.4, -0.2) is 34.6 Å². The third-order valence-electron chi connectivity index (χ3n) is 4.84. The Hall–Kier alpha value is -3.72. The maximum absolute atomic E-state index is 12.0. The summed E-state index contributed by atoms with van der Waals surface area (Å²) in [7, 11) is 1.39. The summed E-state index contributed by atoms with van der Waals surface area (Å²) in [4.78, 5) is 32.2. The van der Waals surface area contributed by atoms with Gasteiger partial charge in [0.1, 0.15) is 22.9 Å². The fraction of sp³-hybridized carbons (Fsp3) is 0.273. The molecule has 0 radical (unpaired) electrons. The highest BCUT2D eigenvalue weighted by atomic mass is 16.5. The Balaban J connectivity index is 1.62. The normalized spacial score (nSPS) is 17.9. The molecule has 3 N–H and O–H groups in total. The molecule has 31 heavy (non-hydrogen) atoms. The first-order valence-electron chi connectivity index (χ1n) is 9.61. The summed E-state index contributed by atoms with van der Waals surface area (Å²) in [5.41, 5.74) is -0.519. The second kappa shape index (κ2) is 8.97. The van der Waals surface area contributed by atoms with Gasteiger partial charge in [0.15, 0.2) is 0 Å². The molecule has 0 spiro atoms. The van der Waals surface area contributed by atoms with Crippen molar-refractivity contribution in [1.82, 2.24) is 20.6 Å². The monoisotopic (exact) mass is 423 g/mol. The molecule has 1 aliphatic heterocycles. The molecule has 0 bridgehead atoms. The Kier molecular flexibility index (Phi) is 6.36. The van der Waals surface area contributed by atoms with Crippen LogP contribution in [0, 0.1) is 0 Å². The molecule has 0 saturated heterocycles. The lowest BCUT2D eigenvalue weighted by Crippen LogP contribution is -2.47. The van der Waals surface area contributed by atoms with Gasteiger partial charge in [0.05, 0.1) is 11.7 Å². The average molecular weight is 423 g/mol. The second-order valence-corrected chi connectivity index (χ2v) is 7.57. The minimum Gasteiger partial charge on any atom is -0.456 e. The van der Waals surface area contributed by atoms with Crippen LogP contribution in [0.1, 0.15) is 26.3 Å². The van der Waals surface area contributed by atoms with E-state index < -0.39 is 23.1 Å². The first-order chi connectivity index (χ1) is 14.7. The van der Waals surface area contributed by atoms with Crippen LogP contribution < -0.4 is 20.7 Å². The number of methoxy groups -OCH3 is 1. The molecular weight excluding hydrogens is 398 g/mol. The zero-order valence-corrected chi connectivity index (χ0v) is 17.8. The predicted molar refractivity (Wildman–Crippen MR) is 115 cm³/mol. The van der Waals surface area contributed by atoms with E-state index in [0.29, 0.717) is 11.5 Å². The van der Waals surface area contributed by atoms with E-state index in [1.54, 1.807) is 38.4 Å². The van der Waals surface area contributed by atoms with Crippen LogP contribution in [0.2, 0.25) is 0 Å². The van der Waals surface area contributed by atoms with E-state index in [-0.39, 0.29) is 5.82 Å². The number of hydrogen-bond donors (Lipinski definition) is 3. The van der Waals surface area contributed by atoms with E-state index in [9.17, 15) is 9.59 Å². The number of hydrogen-bond acceptors (Lipinski definition) is 7. The summed E-state index contributed by atoms with van der Waals surface area (Å²) < 4.78 is 11.0. The van der Waals surface area contributed by atoms with Gasteiger partial charge in [0.25, 0.3) is 5.91 Å². The molecule has 0 saturated carbocycles. The number of nitrogens with one attached hydrogen (secondary N) is 3. The topological polar surface area (TPSA) is 114 Å². The molecule has 162 valence electrons. The molecule has 2 aromatic rings. The molecule has 1 unspecified atom stereocenters. The van der Waals surface area contributed by atoms with Crippen molar-refractivity contribution in [1.29, 1.82) is 0 Å². The van der Waals surface area contributed by atoms with Crippen molar-refractivity contribution in [3.05, 3.63) is 72.5 Å². The Morgan fingerprint density at radius 1 is 1.16 bits per heavy atom. The summed E-state index contributed by atoms with van der Waals surface area (Å²) in [6.45, 7) is 5.15. The van der Waals surface area contributed by atoms with Gasteiger partial charge in [-0.05, 0) is 62.8 Å². The molecular formula is C22H25N5O4. The van der Waals surface area contributed by atoms with E-state index in [1.807, 2.05) is 37.4 Å². The molecule has 3 heterocycles. The molecule has 2 aromatic heterocycles. The number of allylic oxidation sites excluding steroid dienone is 1. The smallest absolute Gasteiger partial charge is 0.327 e. The zero-order chi connectivity index (χ0) is 22.5. The summed E-state index contributed by atoms with van der Waals surface area (Å²) in [5.74, 6) is 0.849. The van der Waals surface area contributed by atoms with Crippen LogP contribution in [0.5, 0.6) is 5.75 Å². The van der Waals surface area contributed by atoms with Crippen molar-refractivity contribution in [2.24, 2.45) is 0 Å². The lowest BCUT2D eigenvalue weighted by molar-refractivity contribution is -0.138. The van der Waals surface area contributed by atoms with E-state index in [0.717, 1.165) is 5.56 Å². The summed E-state index contributed by atoms with van der Waals surface area (Å²) in [5, 5.41) is 8.02. The number of rotatable bonds is 6. The average Bonchev–Trinajstić information content (AvgIpc) is 2.76. The van der Waals surface area contributed by atoms with E-state index >= 15 is 0 Å². The number of aromatic nitrogens is 2. The van der Waals surface area contributed by atoms with E-state index in [2.05, 4.69) is 25.9 Å². The van der Waals surface area contributed by atoms with Crippen molar-refractivity contribution < 1.29 is 19.1 Å². The Bertz CT molecular complexity index is 1000. The molecule has 9 nitrogen and oxygen atoms in total. The van der Waals surface area contributed by atoms with Gasteiger partial charge in [-0.3, -0.25) is 20.4 Å². The molecule has 0 aromatic carbocycles. The molecule has 1 atom stereocenters. The number of pyridine rings is 2. The molecule has 0 aliphatic carbocycles. The van der Waals surface area contributed by atoms with Crippen molar-refractivity contribution in [2.75, 3.05) is 12.4 Å². The number of imide groups is 1. The molecule has 1 aliphatic rings. The van der Waals surface area contributed by atoms with Gasteiger partial charge in [-0.15, -0.1) is 0 Å². The van der Waals surface area contributed by atoms with Crippen molar-refractivity contribution in [3.63, 3.8) is 0 Å². The first-order valence-corrected chi connectivity index (χ1v) is 9.61. The zero-order valence-electron chi connectivity index (χ0n) is 17.8. The third-order valence-corrected chi connectivity index (χ3v) is 4.84. The van der Waals surface area contributed by atoms with Gasteiger partial charge < -0.3 is 14.8 Å². The highest BCUT2D eigenvalue weighted by molar-refractivity contribution is 6.03. The van der Waals surface area contributed by atoms with Crippen LogP contribution in [-0.2, 0) is 15.1 Å². The van der Waals surface area contributed by atoms with E-state index in [4.69, 9.17) is 9.47 Å². The molecule has 3 amide bonds. The SMILES string of the molecule is COC(C)(C)C(=O)NC(=O)Nc1ccc(OC2=CC(C)(c3ccncc3)NC=C2)cn1. The minimum absolute atomic E-state index is 0.268. The first kappa shape index (κ1) is 22.0. The van der Waals surface area contributed by atoms with Gasteiger partial charge in [0.2, 0.25) is 0 Å². The maximum Gasteiger partial charge on any atom is 0.327 e. The van der Waals surface area contributed by atoms with Gasteiger partial charge >= 0.3 is 6.03 Å². The standard InChI is InChI=1S/C22H25N5O4/c1-21(2,30-4)19(28)27-20(29)26-18-6-5-17(14-24-18)31-16-9-12-25-22(3,13-16)15-7-10-23-11-8-15/h5-14,25H,1-4H3,(H2,24,26,27,28,29). The molecule has 0 fully saturated rings. The lowest BCUT2D eigenvalue weighted by Gasteiger charge is -2.30. The largest absolute Gasteiger partial charge is 0.456 e. The van der Waals surface area contributed by atoms with Crippen molar-refractivity contribution in [2.45, 2.75) is 31.9 Å². The second-order valence-electron chi connectivity index (χ2n) is 7.57. The highest BCUT2D eigenvalue weighted by Gasteiger charge is 2.28. The van der Waals surface area contributed by atoms with Gasteiger partial charge in [0, 0.05) is 25.7 Å². The number of dihydropyridines is 1. The quantitative estimate of drug-likeness (QED) is 0.654. The number of anilines is 1. The highest BCUT2D eigenvalue weighted by Crippen LogP contribution is 2.27. The van der Waals surface area contributed by atoms with Crippen LogP contribution in [0.4, 0.5) is 10.6 Å². The number of urea groups is 1. The summed E-state index contributed by atoms with van der Waals surface area (Å²) in [6, 6.07) is 6.42. The molecule has 9 heteroatoms.